The summed E-state index contributed by atoms with van der Waals surface area (Å²) >= 11 is 0. The molecule has 6 aliphatic carbocycles. The summed E-state index contributed by atoms with van der Waals surface area (Å²) < 4.78 is 39.7. The Morgan fingerprint density at radius 2 is 1.53 bits per heavy atom. The van der Waals surface area contributed by atoms with Gasteiger partial charge in [-0.15, -0.1) is 0 Å². The Balaban J connectivity index is 1.18. The number of aliphatic hydroxyl groups excluding tert-OH is 1. The maximum atomic E-state index is 14.8. The van der Waals surface area contributed by atoms with Gasteiger partial charge in [0.2, 0.25) is 5.91 Å². The normalized spacial score (nSPS) is 34.3. The van der Waals surface area contributed by atoms with Crippen molar-refractivity contribution in [1.82, 2.24) is 4.90 Å². The Bertz CT molecular complexity index is 2090. The number of methoxy groups -OCH3 is 2. The predicted molar refractivity (Wildman–Crippen MR) is 204 cm³/mol. The van der Waals surface area contributed by atoms with Crippen LogP contribution >= 0.6 is 0 Å². The number of Topliss-reactive ketones (excluding diaryl/α,β-unsaturated/α-hetero) is 1. The first kappa shape index (κ1) is 37.6. The van der Waals surface area contributed by atoms with Crippen LogP contribution in [-0.4, -0.2) is 59.3 Å². The van der Waals surface area contributed by atoms with Gasteiger partial charge in [0.15, 0.2) is 28.9 Å². The van der Waals surface area contributed by atoms with Crippen molar-refractivity contribution in [1.29, 1.82) is 0 Å². The number of rotatable bonds is 10. The minimum Gasteiger partial charge on any atom is -0.493 e. The van der Waals surface area contributed by atoms with E-state index < -0.39 is 39.6 Å². The number of carbonyl (C=O) groups excluding carboxylic acids is 2. The van der Waals surface area contributed by atoms with Gasteiger partial charge in [0.05, 0.1) is 38.9 Å². The van der Waals surface area contributed by atoms with E-state index in [0.29, 0.717) is 55.7 Å². The van der Waals surface area contributed by atoms with Gasteiger partial charge in [0.25, 0.3) is 0 Å². The number of halogens is 2. The topological polar surface area (TPSA) is 96.3 Å². The molecule has 1 amide bonds. The van der Waals surface area contributed by atoms with E-state index in [4.69, 9.17) is 9.47 Å². The van der Waals surface area contributed by atoms with Crippen molar-refractivity contribution in [3.05, 3.63) is 119 Å². The molecule has 8 atom stereocenters. The molecule has 0 aliphatic heterocycles. The molecular weight excluding hydrogens is 701 g/mol. The van der Waals surface area contributed by atoms with Gasteiger partial charge in [-0.3, -0.25) is 9.59 Å². The van der Waals surface area contributed by atoms with Crippen molar-refractivity contribution in [3.63, 3.8) is 0 Å². The van der Waals surface area contributed by atoms with Crippen LogP contribution < -0.4 is 9.47 Å². The molecule has 9 heteroatoms. The average molecular weight is 752 g/mol. The second-order valence-corrected chi connectivity index (χ2v) is 17.4. The van der Waals surface area contributed by atoms with Gasteiger partial charge in [-0.1, -0.05) is 68.5 Å². The highest BCUT2D eigenvalue weighted by molar-refractivity contribution is 6.10. The van der Waals surface area contributed by atoms with Crippen molar-refractivity contribution < 1.29 is 38.1 Å². The predicted octanol–water partition coefficient (Wildman–Crippen LogP) is 8.03. The fourth-order valence-corrected chi connectivity index (χ4v) is 12.0. The summed E-state index contributed by atoms with van der Waals surface area (Å²) in [6, 6.07) is 18.6. The molecule has 3 aromatic rings. The van der Waals surface area contributed by atoms with Crippen LogP contribution in [0.5, 0.6) is 11.5 Å². The van der Waals surface area contributed by atoms with Crippen LogP contribution in [0.1, 0.15) is 80.3 Å². The Labute approximate surface area is 322 Å². The number of hydrogen-bond donors (Lipinski definition) is 2. The number of ketones is 1. The van der Waals surface area contributed by atoms with Crippen LogP contribution in [0.4, 0.5) is 8.78 Å². The van der Waals surface area contributed by atoms with Crippen molar-refractivity contribution >= 4 is 11.7 Å². The number of allylic oxidation sites excluding steroid dienone is 4. The number of hydrogen-bond acceptors (Lipinski definition) is 6. The molecule has 2 bridgehead atoms. The summed E-state index contributed by atoms with van der Waals surface area (Å²) in [6.45, 7) is 4.85. The minimum absolute atomic E-state index is 0.0271. The van der Waals surface area contributed by atoms with E-state index in [-0.39, 0.29) is 47.5 Å². The van der Waals surface area contributed by atoms with E-state index in [9.17, 15) is 28.6 Å². The molecule has 2 N–H and O–H groups in total. The van der Waals surface area contributed by atoms with E-state index >= 15 is 0 Å². The lowest BCUT2D eigenvalue weighted by Gasteiger charge is -2.71. The summed E-state index contributed by atoms with van der Waals surface area (Å²) in [5.74, 6) is -1.62. The van der Waals surface area contributed by atoms with E-state index in [1.807, 2.05) is 36.4 Å². The molecule has 1 unspecified atom stereocenters. The van der Waals surface area contributed by atoms with Gasteiger partial charge in [-0.05, 0) is 104 Å². The maximum Gasteiger partial charge on any atom is 0.227 e. The molecule has 0 aromatic heterocycles. The highest BCUT2D eigenvalue weighted by Gasteiger charge is 2.74. The highest BCUT2D eigenvalue weighted by atomic mass is 19.2. The first-order valence-electron chi connectivity index (χ1n) is 19.6. The Hall–Kier alpha value is -4.34. The molecule has 2 spiro atoms. The molecule has 3 saturated carbocycles. The number of amides is 1. The van der Waals surface area contributed by atoms with Gasteiger partial charge in [0.1, 0.15) is 0 Å². The number of ether oxygens (including phenoxy) is 2. The average Bonchev–Trinajstić information content (AvgIpc) is 3.45. The number of nitrogens with zero attached hydrogens (tertiary/aromatic N) is 1. The molecule has 3 aromatic carbocycles. The van der Waals surface area contributed by atoms with Crippen LogP contribution in [0, 0.1) is 45.1 Å². The largest absolute Gasteiger partial charge is 0.493 e. The van der Waals surface area contributed by atoms with Crippen LogP contribution in [-0.2, 0) is 17.8 Å². The Morgan fingerprint density at radius 3 is 2.25 bits per heavy atom. The van der Waals surface area contributed by atoms with E-state index in [2.05, 4.69) is 32.1 Å². The lowest BCUT2D eigenvalue weighted by atomic mass is 9.32. The van der Waals surface area contributed by atoms with Crippen LogP contribution in [0.3, 0.4) is 0 Å². The summed E-state index contributed by atoms with van der Waals surface area (Å²) in [5, 5.41) is 24.1. The SMILES string of the molecule is COc1ccc(CC(=O)N(Cc2ccccc2)C[C@]2(O)CC[C@H]3[C@]45C=C[C@@]6(C=C4C(=O)c4ccc(F)c(F)c4)CC(O)CC[C@]6(C)[C@H]5CC[C@@]32C)cc1OC. The molecule has 7 nitrogen and oxygen atoms in total. The van der Waals surface area contributed by atoms with Crippen molar-refractivity contribution in [3.8, 4) is 11.5 Å². The van der Waals surface area contributed by atoms with Gasteiger partial charge in [-0.2, -0.15) is 0 Å². The standard InChI is InChI=1S/C46H51F2NO6/c1-42-17-14-32(50)25-44(42)20-21-46(33(26-44)41(52)31-11-12-34(47)35(48)24-31)38(42)15-18-43(2)39(46)16-19-45(43,53)28-49(27-29-8-6-5-7-9-29)40(51)23-30-10-13-36(54-3)37(22-30)55-4/h5-13,20-22,24,26,32,38-39,50,53H,14-19,23,25,27-28H2,1-4H3/t32?,38-,39-,42-,43+,44+,45-,46-/m1/s1. The highest BCUT2D eigenvalue weighted by Crippen LogP contribution is 2.78. The zero-order valence-electron chi connectivity index (χ0n) is 32.1. The van der Waals surface area contributed by atoms with Crippen LogP contribution in [0.15, 0.2) is 90.5 Å². The van der Waals surface area contributed by atoms with E-state index in [1.165, 1.54) is 6.07 Å². The third-order valence-corrected chi connectivity index (χ3v) is 15.0. The molecule has 0 heterocycles. The molecule has 55 heavy (non-hydrogen) atoms. The van der Waals surface area contributed by atoms with Gasteiger partial charge >= 0.3 is 0 Å². The molecular formula is C46H51F2NO6. The van der Waals surface area contributed by atoms with Crippen LogP contribution in [0.25, 0.3) is 0 Å². The fourth-order valence-electron chi connectivity index (χ4n) is 12.0. The first-order chi connectivity index (χ1) is 26.2. The van der Waals surface area contributed by atoms with E-state index in [0.717, 1.165) is 36.1 Å². The third-order valence-electron chi connectivity index (χ3n) is 15.0. The molecule has 0 saturated heterocycles. The molecule has 3 fully saturated rings. The smallest absolute Gasteiger partial charge is 0.227 e. The number of carbonyl (C=O) groups is 2. The zero-order valence-corrected chi connectivity index (χ0v) is 32.1. The Kier molecular flexibility index (Phi) is 9.16. The second-order valence-electron chi connectivity index (χ2n) is 17.4. The Morgan fingerprint density at radius 1 is 0.818 bits per heavy atom. The second kappa shape index (κ2) is 13.4. The lowest BCUT2D eigenvalue weighted by Crippen LogP contribution is -2.67. The number of benzene rings is 3. The summed E-state index contributed by atoms with van der Waals surface area (Å²) in [5.41, 5.74) is -1.25. The minimum atomic E-state index is -1.29. The van der Waals surface area contributed by atoms with Crippen molar-refractivity contribution in [2.24, 2.45) is 33.5 Å². The summed E-state index contributed by atoms with van der Waals surface area (Å²) in [6.07, 6.45) is 10.5. The number of aliphatic hydroxyl groups is 2. The number of fused-ring (bicyclic) bond motifs is 1. The molecule has 9 rings (SSSR count). The summed E-state index contributed by atoms with van der Waals surface area (Å²) in [4.78, 5) is 30.9. The summed E-state index contributed by atoms with van der Waals surface area (Å²) in [7, 11) is 3.13. The molecule has 0 radical (unpaired) electrons. The molecule has 290 valence electrons. The monoisotopic (exact) mass is 751 g/mol. The van der Waals surface area contributed by atoms with Crippen molar-refractivity contribution in [2.45, 2.75) is 83.5 Å². The molecule has 6 aliphatic rings. The van der Waals surface area contributed by atoms with E-state index in [1.54, 1.807) is 31.3 Å². The third kappa shape index (κ3) is 5.62. The van der Waals surface area contributed by atoms with Gasteiger partial charge in [0, 0.05) is 33.9 Å². The zero-order chi connectivity index (χ0) is 39.0. The van der Waals surface area contributed by atoms with Crippen molar-refractivity contribution in [2.75, 3.05) is 20.8 Å². The van der Waals surface area contributed by atoms with Gasteiger partial charge < -0.3 is 24.6 Å². The lowest BCUT2D eigenvalue weighted by molar-refractivity contribution is -0.178. The first-order valence-corrected chi connectivity index (χ1v) is 19.6. The maximum absolute atomic E-state index is 14.8. The van der Waals surface area contributed by atoms with Gasteiger partial charge in [-0.25, -0.2) is 8.78 Å². The quantitative estimate of drug-likeness (QED) is 0.161. The van der Waals surface area contributed by atoms with Crippen LogP contribution in [0.2, 0.25) is 0 Å². The fraction of sp³-hybridized carbons (Fsp3) is 0.478.